The number of piperidine rings is 1. The van der Waals surface area contributed by atoms with Crippen LogP contribution in [0, 0.1) is 0 Å². The number of nitrogens with one attached hydrogen (secondary N) is 1. The van der Waals surface area contributed by atoms with Gasteiger partial charge in [-0.25, -0.2) is 9.97 Å². The van der Waals surface area contributed by atoms with E-state index >= 15 is 0 Å². The molecule has 0 saturated carbocycles. The first-order valence-electron chi connectivity index (χ1n) is 6.48. The summed E-state index contributed by atoms with van der Waals surface area (Å²) >= 11 is 0. The van der Waals surface area contributed by atoms with E-state index in [2.05, 4.69) is 21.9 Å². The molecule has 0 atom stereocenters. The average Bonchev–Trinajstić information content (AvgIpc) is 2.39. The zero-order chi connectivity index (χ0) is 13.7. The van der Waals surface area contributed by atoms with Crippen LogP contribution in [0.15, 0.2) is 30.7 Å². The van der Waals surface area contributed by atoms with Gasteiger partial charge in [0.25, 0.3) is 0 Å². The Morgan fingerprint density at radius 3 is 2.95 bits per heavy atom. The molecule has 2 rings (SSSR count). The van der Waals surface area contributed by atoms with Crippen LogP contribution in [0.5, 0.6) is 0 Å². The van der Waals surface area contributed by atoms with E-state index in [1.54, 1.807) is 6.20 Å². The van der Waals surface area contributed by atoms with Gasteiger partial charge in [-0.05, 0) is 50.6 Å². The monoisotopic (exact) mass is 260 g/mol. The fourth-order valence-corrected chi connectivity index (χ4v) is 2.07. The second-order valence-electron chi connectivity index (χ2n) is 4.66. The Morgan fingerprint density at radius 2 is 2.26 bits per heavy atom. The highest BCUT2D eigenvalue weighted by Gasteiger charge is 2.14. The van der Waals surface area contributed by atoms with Crippen molar-refractivity contribution >= 4 is 11.5 Å². The molecule has 3 N–H and O–H groups in total. The van der Waals surface area contributed by atoms with E-state index in [1.807, 2.05) is 19.1 Å². The van der Waals surface area contributed by atoms with Crippen LogP contribution < -0.4 is 11.1 Å². The lowest BCUT2D eigenvalue weighted by atomic mass is 10.1. The van der Waals surface area contributed by atoms with Crippen molar-refractivity contribution in [2.45, 2.75) is 25.9 Å². The number of ether oxygens (including phenoxy) is 1. The van der Waals surface area contributed by atoms with Gasteiger partial charge in [0.1, 0.15) is 11.9 Å². The van der Waals surface area contributed by atoms with Gasteiger partial charge in [-0.2, -0.15) is 0 Å². The first-order chi connectivity index (χ1) is 9.15. The molecule has 5 nitrogen and oxygen atoms in total. The summed E-state index contributed by atoms with van der Waals surface area (Å²) in [7, 11) is 0. The number of allylic oxidation sites excluding steroid dienone is 2. The summed E-state index contributed by atoms with van der Waals surface area (Å²) in [5.41, 5.74) is 7.33. The molecule has 19 heavy (non-hydrogen) atoms. The lowest BCUT2D eigenvalue weighted by molar-refractivity contribution is 0.0970. The molecule has 0 radical (unpaired) electrons. The highest BCUT2D eigenvalue weighted by Crippen LogP contribution is 2.17. The summed E-state index contributed by atoms with van der Waals surface area (Å²) in [6, 6.07) is 1.82. The lowest BCUT2D eigenvalue weighted by Crippen LogP contribution is -2.32. The van der Waals surface area contributed by atoms with Crippen molar-refractivity contribution < 1.29 is 4.74 Å². The Bertz CT molecular complexity index is 478. The number of anilines is 1. The SMILES string of the molecule is C=C(C=C(C)c1ccnc(N)n1)OC1CCNCC1. The van der Waals surface area contributed by atoms with Crippen molar-refractivity contribution in [1.29, 1.82) is 0 Å². The fourth-order valence-electron chi connectivity index (χ4n) is 2.07. The summed E-state index contributed by atoms with van der Waals surface area (Å²) in [4.78, 5) is 8.04. The molecule has 1 aromatic heterocycles. The van der Waals surface area contributed by atoms with Gasteiger partial charge in [-0.1, -0.05) is 6.58 Å². The van der Waals surface area contributed by atoms with Gasteiger partial charge in [0.05, 0.1) is 5.69 Å². The maximum absolute atomic E-state index is 5.83. The molecular weight excluding hydrogens is 240 g/mol. The summed E-state index contributed by atoms with van der Waals surface area (Å²) < 4.78 is 5.83. The molecule has 102 valence electrons. The molecule has 5 heteroatoms. The summed E-state index contributed by atoms with van der Waals surface area (Å²) in [6.45, 7) is 7.91. The van der Waals surface area contributed by atoms with Gasteiger partial charge in [-0.15, -0.1) is 0 Å². The smallest absolute Gasteiger partial charge is 0.220 e. The van der Waals surface area contributed by atoms with E-state index in [4.69, 9.17) is 10.5 Å². The molecule has 1 saturated heterocycles. The minimum Gasteiger partial charge on any atom is -0.491 e. The predicted molar refractivity (Wildman–Crippen MR) is 76.2 cm³/mol. The summed E-state index contributed by atoms with van der Waals surface area (Å²) in [5, 5.41) is 3.30. The second kappa shape index (κ2) is 6.33. The third-order valence-electron chi connectivity index (χ3n) is 3.06. The molecule has 1 fully saturated rings. The van der Waals surface area contributed by atoms with Crippen LogP contribution in [0.25, 0.3) is 5.57 Å². The first-order valence-corrected chi connectivity index (χ1v) is 6.48. The Morgan fingerprint density at radius 1 is 1.53 bits per heavy atom. The molecule has 0 bridgehead atoms. The van der Waals surface area contributed by atoms with E-state index in [1.165, 1.54) is 0 Å². The van der Waals surface area contributed by atoms with Crippen molar-refractivity contribution in [3.05, 3.63) is 36.4 Å². The van der Waals surface area contributed by atoms with Crippen LogP contribution in [-0.4, -0.2) is 29.2 Å². The Labute approximate surface area is 113 Å². The normalized spacial score (nSPS) is 17.2. The number of nitrogens with zero attached hydrogens (tertiary/aromatic N) is 2. The minimum atomic E-state index is 0.258. The second-order valence-corrected chi connectivity index (χ2v) is 4.66. The predicted octanol–water partition coefficient (Wildman–Crippen LogP) is 1.74. The van der Waals surface area contributed by atoms with Crippen LogP contribution in [-0.2, 0) is 4.74 Å². The molecule has 0 spiro atoms. The lowest BCUT2D eigenvalue weighted by Gasteiger charge is -2.24. The van der Waals surface area contributed by atoms with E-state index in [9.17, 15) is 0 Å². The molecule has 1 aliphatic rings. The summed E-state index contributed by atoms with van der Waals surface area (Å²) in [5.74, 6) is 0.941. The summed E-state index contributed by atoms with van der Waals surface area (Å²) in [6.07, 6.45) is 5.84. The molecule has 0 aliphatic carbocycles. The van der Waals surface area contributed by atoms with Crippen molar-refractivity contribution in [3.8, 4) is 0 Å². The largest absolute Gasteiger partial charge is 0.491 e. The van der Waals surface area contributed by atoms with Crippen molar-refractivity contribution in [1.82, 2.24) is 15.3 Å². The third-order valence-corrected chi connectivity index (χ3v) is 3.06. The molecule has 0 unspecified atom stereocenters. The quantitative estimate of drug-likeness (QED) is 0.637. The number of rotatable bonds is 4. The van der Waals surface area contributed by atoms with Crippen molar-refractivity contribution in [3.63, 3.8) is 0 Å². The molecule has 2 heterocycles. The highest BCUT2D eigenvalue weighted by molar-refractivity contribution is 5.63. The van der Waals surface area contributed by atoms with Crippen LogP contribution in [0.2, 0.25) is 0 Å². The molecule has 1 aliphatic heterocycles. The Balaban J connectivity index is 1.97. The van der Waals surface area contributed by atoms with Crippen LogP contribution in [0.4, 0.5) is 5.95 Å². The van der Waals surface area contributed by atoms with Crippen molar-refractivity contribution in [2.24, 2.45) is 0 Å². The third kappa shape index (κ3) is 4.06. The van der Waals surface area contributed by atoms with Gasteiger partial charge >= 0.3 is 0 Å². The number of aromatic nitrogens is 2. The number of nitrogens with two attached hydrogens (primary N) is 1. The first kappa shape index (κ1) is 13.5. The van der Waals surface area contributed by atoms with E-state index in [-0.39, 0.29) is 12.1 Å². The minimum absolute atomic E-state index is 0.258. The Hall–Kier alpha value is -1.88. The van der Waals surface area contributed by atoms with Crippen molar-refractivity contribution in [2.75, 3.05) is 18.8 Å². The molecular formula is C14H20N4O. The average molecular weight is 260 g/mol. The highest BCUT2D eigenvalue weighted by atomic mass is 16.5. The Kier molecular flexibility index (Phi) is 4.52. The number of hydrogen-bond donors (Lipinski definition) is 2. The zero-order valence-corrected chi connectivity index (χ0v) is 11.2. The number of hydrogen-bond acceptors (Lipinski definition) is 5. The fraction of sp³-hybridized carbons (Fsp3) is 0.429. The molecule has 0 amide bonds. The van der Waals surface area contributed by atoms with Crippen LogP contribution >= 0.6 is 0 Å². The van der Waals surface area contributed by atoms with Gasteiger partial charge in [-0.3, -0.25) is 0 Å². The van der Waals surface area contributed by atoms with Gasteiger partial charge < -0.3 is 15.8 Å². The van der Waals surface area contributed by atoms with E-state index < -0.39 is 0 Å². The maximum atomic E-state index is 5.83. The standard InChI is InChI=1S/C14H20N4O/c1-10(13-5-8-17-14(15)18-13)9-11(2)19-12-3-6-16-7-4-12/h5,8-9,12,16H,2-4,6-7H2,1H3,(H2,15,17,18). The van der Waals surface area contributed by atoms with Gasteiger partial charge in [0.2, 0.25) is 5.95 Å². The zero-order valence-electron chi connectivity index (χ0n) is 11.2. The topological polar surface area (TPSA) is 73.1 Å². The van der Waals surface area contributed by atoms with Gasteiger partial charge in [0.15, 0.2) is 0 Å². The van der Waals surface area contributed by atoms with Crippen LogP contribution in [0.1, 0.15) is 25.5 Å². The maximum Gasteiger partial charge on any atom is 0.220 e. The molecule has 1 aromatic rings. The molecule has 0 aromatic carbocycles. The van der Waals surface area contributed by atoms with Crippen LogP contribution in [0.3, 0.4) is 0 Å². The van der Waals surface area contributed by atoms with E-state index in [0.29, 0.717) is 5.76 Å². The van der Waals surface area contributed by atoms with Gasteiger partial charge in [0, 0.05) is 6.20 Å². The number of nitrogen functional groups attached to an aromatic ring is 1. The van der Waals surface area contributed by atoms with E-state index in [0.717, 1.165) is 37.2 Å².